The highest BCUT2D eigenvalue weighted by Crippen LogP contribution is 2.25. The zero-order valence-corrected chi connectivity index (χ0v) is 23.9. The van der Waals surface area contributed by atoms with Gasteiger partial charge >= 0.3 is 22.2 Å². The molecule has 1 aliphatic rings. The van der Waals surface area contributed by atoms with Crippen LogP contribution in [0.3, 0.4) is 0 Å². The van der Waals surface area contributed by atoms with Crippen LogP contribution in [0.4, 0.5) is 10.8 Å². The number of nitro benzene ring substituents is 1. The van der Waals surface area contributed by atoms with Crippen LogP contribution in [0.25, 0.3) is 0 Å². The molecule has 0 bridgehead atoms. The molecule has 1 aromatic carbocycles. The highest BCUT2D eigenvalue weighted by atomic mass is 35.5. The average Bonchev–Trinajstić information content (AvgIpc) is 3.42. The molecule has 2 atom stereocenters. The molecule has 2 heterocycles. The number of nitrogens with one attached hydrogen (secondary N) is 2. The van der Waals surface area contributed by atoms with Gasteiger partial charge in [0.05, 0.1) is 12.0 Å². The molecule has 22 heteroatoms. The Morgan fingerprint density at radius 1 is 1.26 bits per heavy atom. The van der Waals surface area contributed by atoms with Crippen LogP contribution in [0.15, 0.2) is 34.8 Å². The Bertz CT molecular complexity index is 1580. The number of halogens is 1. The molecule has 0 spiro atoms. The number of nitrogens with zero attached hydrogens (tertiary/aromatic N) is 4. The normalized spacial score (nSPS) is 16.5. The summed E-state index contributed by atoms with van der Waals surface area (Å²) in [4.78, 5) is 80.2. The van der Waals surface area contributed by atoms with Gasteiger partial charge in [-0.3, -0.25) is 29.1 Å². The predicted octanol–water partition coefficient (Wildman–Crippen LogP) is -0.636. The zero-order chi connectivity index (χ0) is 31.9. The minimum absolute atomic E-state index is 0.0339. The number of non-ortho nitro benzene ring substituents is 1. The molecule has 3 rings (SSSR count). The van der Waals surface area contributed by atoms with E-state index in [1.54, 1.807) is 0 Å². The largest absolute Gasteiger partial charge is 0.467 e. The van der Waals surface area contributed by atoms with Gasteiger partial charge in [-0.05, 0) is 17.7 Å². The topological polar surface area (TPSA) is 263 Å². The lowest BCUT2D eigenvalue weighted by Gasteiger charge is -2.41. The Morgan fingerprint density at radius 3 is 2.51 bits per heavy atom. The van der Waals surface area contributed by atoms with E-state index in [4.69, 9.17) is 21.2 Å². The third kappa shape index (κ3) is 8.18. The van der Waals surface area contributed by atoms with Crippen molar-refractivity contribution in [3.63, 3.8) is 0 Å². The number of β-lactam (4-membered cyclic amide) rings is 1. The number of aromatic nitrogens is 1. The molecular weight excluding hydrogens is 644 g/mol. The number of nitro groups is 1. The van der Waals surface area contributed by atoms with Crippen molar-refractivity contribution < 1.29 is 56.2 Å². The van der Waals surface area contributed by atoms with Crippen molar-refractivity contribution in [2.45, 2.75) is 18.7 Å². The Morgan fingerprint density at radius 2 is 1.93 bits per heavy atom. The summed E-state index contributed by atoms with van der Waals surface area (Å²) in [5, 5.41) is 19.9. The molecule has 0 aliphatic carbocycles. The van der Waals surface area contributed by atoms with Crippen molar-refractivity contribution >= 4 is 79.4 Å². The van der Waals surface area contributed by atoms with Crippen molar-refractivity contribution in [2.24, 2.45) is 5.16 Å². The summed E-state index contributed by atoms with van der Waals surface area (Å²) in [5.74, 6) is -5.93. The van der Waals surface area contributed by atoms with E-state index < -0.39 is 75.2 Å². The van der Waals surface area contributed by atoms with Gasteiger partial charge < -0.3 is 24.9 Å². The van der Waals surface area contributed by atoms with E-state index in [0.29, 0.717) is 5.56 Å². The maximum atomic E-state index is 13.1. The number of thiazole rings is 1. The van der Waals surface area contributed by atoms with Gasteiger partial charge in [-0.25, -0.2) is 14.6 Å². The number of benzene rings is 1. The first-order chi connectivity index (χ1) is 20.3. The first-order valence-corrected chi connectivity index (χ1v) is 14.2. The summed E-state index contributed by atoms with van der Waals surface area (Å²) in [7, 11) is -4.32. The van der Waals surface area contributed by atoms with Gasteiger partial charge in [0.2, 0.25) is 12.5 Å². The number of methoxy groups -OCH3 is 1. The minimum Gasteiger partial charge on any atom is -0.467 e. The zero-order valence-electron chi connectivity index (χ0n) is 21.5. The molecule has 19 nitrogen and oxygen atoms in total. The summed E-state index contributed by atoms with van der Waals surface area (Å²) in [6, 6.07) is 1.36. The summed E-state index contributed by atoms with van der Waals surface area (Å²) >= 11 is 6.27. The second-order valence-corrected chi connectivity index (χ2v) is 10.5. The van der Waals surface area contributed by atoms with E-state index in [-0.39, 0.29) is 27.4 Å². The molecule has 1 saturated heterocycles. The second-order valence-electron chi connectivity index (χ2n) is 8.05. The Hall–Kier alpha value is -4.73. The Balaban J connectivity index is 1.75. The molecular formula is C21H19ClN6O13S2. The first-order valence-electron chi connectivity index (χ1n) is 11.4. The van der Waals surface area contributed by atoms with Crippen molar-refractivity contribution in [2.75, 3.05) is 24.9 Å². The van der Waals surface area contributed by atoms with E-state index in [1.165, 1.54) is 29.6 Å². The van der Waals surface area contributed by atoms with Gasteiger partial charge in [0, 0.05) is 17.5 Å². The number of oxime groups is 1. The summed E-state index contributed by atoms with van der Waals surface area (Å²) < 4.78 is 41.5. The molecule has 1 aromatic heterocycles. The van der Waals surface area contributed by atoms with Crippen molar-refractivity contribution in [1.82, 2.24) is 14.6 Å². The summed E-state index contributed by atoms with van der Waals surface area (Å²) in [5.41, 5.74) is -0.689. The van der Waals surface area contributed by atoms with Crippen LogP contribution >= 0.6 is 22.9 Å². The van der Waals surface area contributed by atoms with Gasteiger partial charge in [-0.1, -0.05) is 5.16 Å². The third-order valence-corrected chi connectivity index (χ3v) is 7.15. The van der Waals surface area contributed by atoms with Gasteiger partial charge in [0.15, 0.2) is 16.9 Å². The number of anilines is 1. The van der Waals surface area contributed by atoms with Crippen molar-refractivity contribution in [3.8, 4) is 0 Å². The number of hydrogen-bond donors (Lipinski definition) is 3. The van der Waals surface area contributed by atoms with Crippen LogP contribution in [0.5, 0.6) is 0 Å². The maximum Gasteiger partial charge on any atom is 0.363 e. The molecule has 0 radical (unpaired) electrons. The molecule has 3 N–H and O–H groups in total. The minimum atomic E-state index is -5.19. The van der Waals surface area contributed by atoms with E-state index in [2.05, 4.69) is 25.5 Å². The predicted molar refractivity (Wildman–Crippen MR) is 143 cm³/mol. The van der Waals surface area contributed by atoms with Crippen molar-refractivity contribution in [1.29, 1.82) is 0 Å². The van der Waals surface area contributed by atoms with Gasteiger partial charge in [0.1, 0.15) is 24.2 Å². The van der Waals surface area contributed by atoms with Gasteiger partial charge in [-0.15, -0.1) is 22.9 Å². The third-order valence-electron chi connectivity index (χ3n) is 5.24. The highest BCUT2D eigenvalue weighted by Gasteiger charge is 2.58. The lowest BCUT2D eigenvalue weighted by Crippen LogP contribution is -2.74. The first kappa shape index (κ1) is 32.8. The molecule has 1 fully saturated rings. The number of carbonyl (C=O) groups is 5. The molecule has 1 aliphatic heterocycles. The molecule has 230 valence electrons. The summed E-state index contributed by atoms with van der Waals surface area (Å²) in [6.07, 6.45) is 0. The van der Waals surface area contributed by atoms with E-state index in [1.807, 2.05) is 0 Å². The fourth-order valence-corrected chi connectivity index (χ4v) is 4.90. The molecule has 2 aromatic rings. The van der Waals surface area contributed by atoms with Crippen LogP contribution in [-0.4, -0.2) is 94.2 Å². The number of ether oxygens (including phenoxy) is 2. The number of amides is 3. The fraction of sp³-hybridized carbons (Fsp3) is 0.286. The number of hydrogen-bond acceptors (Lipinski definition) is 15. The van der Waals surface area contributed by atoms with Crippen LogP contribution in [0.1, 0.15) is 11.3 Å². The average molecular weight is 663 g/mol. The smallest absolute Gasteiger partial charge is 0.363 e. The van der Waals surface area contributed by atoms with Gasteiger partial charge in [-0.2, -0.15) is 12.7 Å². The Kier molecular flexibility index (Phi) is 10.6. The standard InChI is InChI=1S/C21H19ClN6O13S2/c1-39-20(33)17-16(19(32)27(17)43(36,37)38)25-18(31)15(12-9-42-21(23-12)24-13(29)6-22)26-41-8-14(30)40-7-10-2-4-11(5-3-10)28(34)35/h2-5,9,16-17H,6-8H2,1H3,(H,25,31)(H,23,24,29)(H,36,37,38)/t16-,17-/m1/s1. The van der Waals surface area contributed by atoms with Crippen LogP contribution in [0, 0.1) is 10.1 Å². The quantitative estimate of drug-likeness (QED) is 0.0458. The van der Waals surface area contributed by atoms with Gasteiger partial charge in [0.25, 0.3) is 17.5 Å². The lowest BCUT2D eigenvalue weighted by atomic mass is 9.98. The Labute approximate surface area is 249 Å². The molecule has 43 heavy (non-hydrogen) atoms. The van der Waals surface area contributed by atoms with Crippen LogP contribution in [0.2, 0.25) is 0 Å². The van der Waals surface area contributed by atoms with E-state index >= 15 is 0 Å². The van der Waals surface area contributed by atoms with E-state index in [0.717, 1.165) is 18.4 Å². The highest BCUT2D eigenvalue weighted by molar-refractivity contribution is 7.84. The number of rotatable bonds is 13. The maximum absolute atomic E-state index is 13.1. The second kappa shape index (κ2) is 14.0. The van der Waals surface area contributed by atoms with Crippen molar-refractivity contribution in [3.05, 3.63) is 51.0 Å². The molecule has 3 amide bonds. The summed E-state index contributed by atoms with van der Waals surface area (Å²) in [6.45, 7) is -1.14. The van der Waals surface area contributed by atoms with Crippen LogP contribution < -0.4 is 10.6 Å². The fourth-order valence-electron chi connectivity index (χ4n) is 3.29. The monoisotopic (exact) mass is 662 g/mol. The number of alkyl halides is 1. The van der Waals surface area contributed by atoms with Crippen LogP contribution in [-0.2, 0) is 55.2 Å². The SMILES string of the molecule is COC(=O)[C@H]1[C@@H](NC(=O)C(=NOCC(=O)OCc2ccc([N+](=O)[O-])cc2)c2csc(NC(=O)CCl)n2)C(=O)N1S(=O)(=O)O. The number of carbonyl (C=O) groups excluding carboxylic acids is 5. The lowest BCUT2D eigenvalue weighted by molar-refractivity contribution is -0.384. The number of esters is 2. The van der Waals surface area contributed by atoms with E-state index in [9.17, 15) is 47.1 Å². The molecule has 0 saturated carbocycles. The molecule has 0 unspecified atom stereocenters.